The van der Waals surface area contributed by atoms with Crippen LogP contribution < -0.4 is 0 Å². The quantitative estimate of drug-likeness (QED) is 0.321. The fraction of sp³-hybridized carbons (Fsp3) is 0.800. The first kappa shape index (κ1) is 31.4. The highest BCUT2D eigenvalue weighted by atomic mass is 16.8. The summed E-state index contributed by atoms with van der Waals surface area (Å²) in [6, 6.07) is 0. The zero-order chi connectivity index (χ0) is 29.0. The first-order valence-electron chi connectivity index (χ1n) is 12.4. The highest BCUT2D eigenvalue weighted by Gasteiger charge is 2.56. The molecule has 0 aromatic carbocycles. The van der Waals surface area contributed by atoms with Crippen LogP contribution in [0.2, 0.25) is 0 Å². The topological polar surface area (TPSA) is 153 Å². The van der Waals surface area contributed by atoms with E-state index in [2.05, 4.69) is 0 Å². The number of ether oxygens (including phenoxy) is 6. The fourth-order valence-electron chi connectivity index (χ4n) is 5.15. The molecule has 0 radical (unpaired) electrons. The van der Waals surface area contributed by atoms with E-state index < -0.39 is 71.6 Å². The summed E-state index contributed by atoms with van der Waals surface area (Å²) in [6.07, 6.45) is -6.00. The summed E-state index contributed by atoms with van der Waals surface area (Å²) in [4.78, 5) is 65.6. The summed E-state index contributed by atoms with van der Waals surface area (Å²) in [5.41, 5.74) is -1.41. The Morgan fingerprint density at radius 1 is 0.684 bits per heavy atom. The molecule has 13 heteroatoms. The lowest BCUT2D eigenvalue weighted by Gasteiger charge is -2.55. The summed E-state index contributed by atoms with van der Waals surface area (Å²) in [5, 5.41) is 1.67. The number of carbonyl (C=O) groups excluding carboxylic acids is 5. The van der Waals surface area contributed by atoms with Gasteiger partial charge in [0, 0.05) is 58.5 Å². The van der Waals surface area contributed by atoms with Crippen molar-refractivity contribution in [1.82, 2.24) is 5.06 Å². The van der Waals surface area contributed by atoms with E-state index in [9.17, 15) is 24.0 Å². The van der Waals surface area contributed by atoms with Crippen molar-refractivity contribution < 1.29 is 57.2 Å². The second kappa shape index (κ2) is 12.4. The lowest BCUT2D eigenvalue weighted by Crippen LogP contribution is -2.68. The fourth-order valence-corrected chi connectivity index (χ4v) is 5.15. The van der Waals surface area contributed by atoms with E-state index in [4.69, 9.17) is 33.3 Å². The van der Waals surface area contributed by atoms with E-state index in [-0.39, 0.29) is 12.7 Å². The molecule has 2 heterocycles. The predicted molar refractivity (Wildman–Crippen MR) is 128 cm³/mol. The second-order valence-corrected chi connectivity index (χ2v) is 10.7. The van der Waals surface area contributed by atoms with E-state index in [1.807, 2.05) is 27.7 Å². The van der Waals surface area contributed by atoms with E-state index in [1.165, 1.54) is 13.8 Å². The Hall–Kier alpha value is -2.77. The largest absolute Gasteiger partial charge is 0.463 e. The van der Waals surface area contributed by atoms with Crippen LogP contribution in [0.5, 0.6) is 0 Å². The minimum Gasteiger partial charge on any atom is -0.463 e. The summed E-state index contributed by atoms with van der Waals surface area (Å²) < 4.78 is 33.0. The maximum Gasteiger partial charge on any atom is 0.303 e. The average Bonchev–Trinajstić information content (AvgIpc) is 2.70. The molecule has 0 aromatic rings. The third-order valence-corrected chi connectivity index (χ3v) is 6.04. The van der Waals surface area contributed by atoms with E-state index in [1.54, 1.807) is 5.06 Å². The van der Waals surface area contributed by atoms with Crippen molar-refractivity contribution in [3.8, 4) is 0 Å². The number of nitrogens with zero attached hydrogens (tertiary/aromatic N) is 1. The Labute approximate surface area is 222 Å². The Bertz CT molecular complexity index is 898. The first-order valence-corrected chi connectivity index (χ1v) is 12.4. The molecule has 2 aliphatic heterocycles. The maximum atomic E-state index is 12.1. The summed E-state index contributed by atoms with van der Waals surface area (Å²) in [7, 11) is 0. The smallest absolute Gasteiger partial charge is 0.303 e. The van der Waals surface area contributed by atoms with Crippen LogP contribution in [-0.2, 0) is 57.2 Å². The van der Waals surface area contributed by atoms with E-state index >= 15 is 0 Å². The molecular weight excluding hydrogens is 506 g/mol. The lowest BCUT2D eigenvalue weighted by atomic mass is 9.80. The standard InChI is InChI=1S/C25H39NO12/c1-13(27)32-12-19-20(34-15(3)29)21(35-16(4)30)22(36-17(5)31)23(37-19)38-26-24(6,7)10-18(33-14(2)28)11-25(26,8)9/h18-23H,10-12H2,1-9H3/t19-,20-,21+,22-,23-/m1/s1. The first-order chi connectivity index (χ1) is 17.4. The SMILES string of the molecule is CC(=O)OC[C@H]1O[C@H](ON2C(C)(C)CC(OC(C)=O)CC2(C)C)[C@H](OC(C)=O)[C@@H](OC(C)=O)[C@@H]1OC(C)=O. The van der Waals surface area contributed by atoms with Crippen LogP contribution in [0.15, 0.2) is 0 Å². The van der Waals surface area contributed by atoms with Crippen molar-refractivity contribution in [1.29, 1.82) is 0 Å². The minimum atomic E-state index is -1.36. The molecule has 2 aliphatic rings. The van der Waals surface area contributed by atoms with Crippen molar-refractivity contribution in [2.75, 3.05) is 6.61 Å². The molecule has 0 spiro atoms. The predicted octanol–water partition coefficient (Wildman–Crippen LogP) is 1.59. The zero-order valence-corrected chi connectivity index (χ0v) is 23.4. The third-order valence-electron chi connectivity index (χ3n) is 6.04. The van der Waals surface area contributed by atoms with Gasteiger partial charge >= 0.3 is 29.8 Å². The molecule has 0 unspecified atom stereocenters. The number of carbonyl (C=O) groups is 5. The Morgan fingerprint density at radius 2 is 1.13 bits per heavy atom. The van der Waals surface area contributed by atoms with Gasteiger partial charge in [-0.3, -0.25) is 28.8 Å². The molecule has 0 N–H and O–H groups in total. The highest BCUT2D eigenvalue weighted by Crippen LogP contribution is 2.42. The summed E-state index contributed by atoms with van der Waals surface area (Å²) in [5.74, 6) is -3.20. The van der Waals surface area contributed by atoms with Crippen molar-refractivity contribution in [2.24, 2.45) is 0 Å². The monoisotopic (exact) mass is 545 g/mol. The van der Waals surface area contributed by atoms with Gasteiger partial charge in [0.1, 0.15) is 18.8 Å². The zero-order valence-electron chi connectivity index (χ0n) is 23.4. The van der Waals surface area contributed by atoms with Crippen LogP contribution in [0.3, 0.4) is 0 Å². The average molecular weight is 546 g/mol. The van der Waals surface area contributed by atoms with Gasteiger partial charge in [0.25, 0.3) is 0 Å². The van der Waals surface area contributed by atoms with Crippen molar-refractivity contribution in [2.45, 2.75) is 123 Å². The molecule has 0 amide bonds. The molecular formula is C25H39NO12. The van der Waals surface area contributed by atoms with Gasteiger partial charge in [0.05, 0.1) is 0 Å². The van der Waals surface area contributed by atoms with Crippen LogP contribution in [-0.4, -0.2) is 89.4 Å². The molecule has 2 saturated heterocycles. The molecule has 5 atom stereocenters. The molecule has 216 valence electrons. The van der Waals surface area contributed by atoms with Crippen molar-refractivity contribution in [3.63, 3.8) is 0 Å². The number of hydrogen-bond acceptors (Lipinski definition) is 13. The maximum absolute atomic E-state index is 12.1. The van der Waals surface area contributed by atoms with Crippen LogP contribution in [0.4, 0.5) is 0 Å². The van der Waals surface area contributed by atoms with Crippen molar-refractivity contribution >= 4 is 29.8 Å². The molecule has 0 aromatic heterocycles. The van der Waals surface area contributed by atoms with Crippen LogP contribution in [0, 0.1) is 0 Å². The number of hydrogen-bond donors (Lipinski definition) is 0. The Balaban J connectivity index is 2.50. The molecule has 38 heavy (non-hydrogen) atoms. The molecule has 13 nitrogen and oxygen atoms in total. The molecule has 2 rings (SSSR count). The van der Waals surface area contributed by atoms with E-state index in [0.717, 1.165) is 20.8 Å². The number of piperidine rings is 1. The van der Waals surface area contributed by atoms with Gasteiger partial charge in [-0.2, -0.15) is 5.06 Å². The number of esters is 5. The lowest BCUT2D eigenvalue weighted by molar-refractivity contribution is -0.405. The number of hydroxylamine groups is 2. The second-order valence-electron chi connectivity index (χ2n) is 10.7. The van der Waals surface area contributed by atoms with Crippen LogP contribution in [0.1, 0.15) is 75.2 Å². The van der Waals surface area contributed by atoms with Gasteiger partial charge in [-0.05, 0) is 27.7 Å². The van der Waals surface area contributed by atoms with Gasteiger partial charge < -0.3 is 28.4 Å². The van der Waals surface area contributed by atoms with Gasteiger partial charge in [0.2, 0.25) is 6.29 Å². The minimum absolute atomic E-state index is 0.362. The molecule has 0 aliphatic carbocycles. The summed E-state index contributed by atoms with van der Waals surface area (Å²) in [6.45, 7) is 13.2. The third kappa shape index (κ3) is 8.37. The van der Waals surface area contributed by atoms with E-state index in [0.29, 0.717) is 12.8 Å². The van der Waals surface area contributed by atoms with Crippen molar-refractivity contribution in [3.05, 3.63) is 0 Å². The number of rotatable bonds is 8. The van der Waals surface area contributed by atoms with Gasteiger partial charge in [-0.1, -0.05) is 0 Å². The molecule has 0 saturated carbocycles. The normalized spacial score (nSPS) is 29.0. The highest BCUT2D eigenvalue weighted by molar-refractivity contribution is 5.69. The summed E-state index contributed by atoms with van der Waals surface area (Å²) >= 11 is 0. The van der Waals surface area contributed by atoms with Crippen LogP contribution in [0.25, 0.3) is 0 Å². The van der Waals surface area contributed by atoms with Gasteiger partial charge in [0.15, 0.2) is 18.3 Å². The molecule has 0 bridgehead atoms. The Morgan fingerprint density at radius 3 is 1.58 bits per heavy atom. The van der Waals surface area contributed by atoms with Gasteiger partial charge in [-0.25, -0.2) is 0 Å². The molecule has 2 fully saturated rings. The van der Waals surface area contributed by atoms with Gasteiger partial charge in [-0.15, -0.1) is 0 Å². The Kier molecular flexibility index (Phi) is 10.3. The van der Waals surface area contributed by atoms with Crippen LogP contribution >= 0.6 is 0 Å².